The van der Waals surface area contributed by atoms with Gasteiger partial charge in [0.25, 0.3) is 0 Å². The molecule has 2 aromatic rings. The molecule has 4 nitrogen and oxygen atoms in total. The third kappa shape index (κ3) is 4.62. The van der Waals surface area contributed by atoms with Gasteiger partial charge in [0.15, 0.2) is 0 Å². The summed E-state index contributed by atoms with van der Waals surface area (Å²) in [6.45, 7) is 10.9. The molecule has 2 aromatic carbocycles. The number of carbonyl (C=O) groups is 1. The Kier molecular flexibility index (Phi) is 5.79. The van der Waals surface area contributed by atoms with Crippen LogP contribution >= 0.6 is 0 Å². The summed E-state index contributed by atoms with van der Waals surface area (Å²) in [5, 5.41) is 0. The predicted octanol–water partition coefficient (Wildman–Crippen LogP) is 3.47. The Balaban J connectivity index is 1.29. The molecule has 4 rings (SSSR count). The van der Waals surface area contributed by atoms with E-state index >= 15 is 0 Å². The van der Waals surface area contributed by atoms with E-state index in [1.165, 1.54) is 23.1 Å². The Hall–Kier alpha value is -2.17. The van der Waals surface area contributed by atoms with Crippen molar-refractivity contribution in [3.63, 3.8) is 0 Å². The number of carbonyl (C=O) groups excluding carboxylic acids is 1. The molecule has 0 bridgehead atoms. The number of likely N-dealkylation sites (tertiary alicyclic amines) is 1. The highest BCUT2D eigenvalue weighted by atomic mass is 16.2. The molecule has 1 amide bonds. The van der Waals surface area contributed by atoms with Crippen molar-refractivity contribution in [1.29, 1.82) is 0 Å². The highest BCUT2D eigenvalue weighted by molar-refractivity contribution is 5.95. The monoisotopic (exact) mass is 377 g/mol. The van der Waals surface area contributed by atoms with Crippen molar-refractivity contribution in [2.75, 3.05) is 44.2 Å². The standard InChI is InChI=1S/C24H31N3O/c1-19-12-20(2)14-23(13-19)27-11-10-26(18-24(27)28)17-22-8-9-25(16-22)15-21-6-4-3-5-7-21/h3-7,12-14,22H,8-11,15-18H2,1-2H3/t22-/m0/s1. The van der Waals surface area contributed by atoms with Gasteiger partial charge < -0.3 is 4.90 Å². The predicted molar refractivity (Wildman–Crippen MR) is 115 cm³/mol. The molecule has 0 spiro atoms. The molecule has 2 fully saturated rings. The summed E-state index contributed by atoms with van der Waals surface area (Å²) < 4.78 is 0. The van der Waals surface area contributed by atoms with Crippen molar-refractivity contribution in [3.05, 3.63) is 65.2 Å². The summed E-state index contributed by atoms with van der Waals surface area (Å²) in [5.74, 6) is 0.902. The minimum atomic E-state index is 0.232. The lowest BCUT2D eigenvalue weighted by Gasteiger charge is -2.35. The van der Waals surface area contributed by atoms with Gasteiger partial charge in [-0.15, -0.1) is 0 Å². The number of piperazine rings is 1. The third-order valence-electron chi connectivity index (χ3n) is 5.95. The molecule has 2 saturated heterocycles. The number of hydrogen-bond donors (Lipinski definition) is 0. The van der Waals surface area contributed by atoms with E-state index in [4.69, 9.17) is 0 Å². The largest absolute Gasteiger partial charge is 0.310 e. The van der Waals surface area contributed by atoms with Crippen LogP contribution in [0.25, 0.3) is 0 Å². The first-order chi connectivity index (χ1) is 13.6. The molecule has 0 saturated carbocycles. The minimum Gasteiger partial charge on any atom is -0.310 e. The van der Waals surface area contributed by atoms with E-state index in [1.807, 2.05) is 4.90 Å². The van der Waals surface area contributed by atoms with E-state index < -0.39 is 0 Å². The molecule has 0 N–H and O–H groups in total. The van der Waals surface area contributed by atoms with Crippen LogP contribution < -0.4 is 4.90 Å². The number of amides is 1. The summed E-state index contributed by atoms with van der Waals surface area (Å²) in [6, 6.07) is 17.1. The second kappa shape index (κ2) is 8.46. The quantitative estimate of drug-likeness (QED) is 0.798. The van der Waals surface area contributed by atoms with Gasteiger partial charge in [0.2, 0.25) is 5.91 Å². The van der Waals surface area contributed by atoms with E-state index in [9.17, 15) is 4.79 Å². The Bertz CT molecular complexity index is 800. The zero-order valence-corrected chi connectivity index (χ0v) is 17.1. The van der Waals surface area contributed by atoms with Crippen LogP contribution in [-0.2, 0) is 11.3 Å². The highest BCUT2D eigenvalue weighted by Gasteiger charge is 2.29. The van der Waals surface area contributed by atoms with Crippen molar-refractivity contribution < 1.29 is 4.79 Å². The van der Waals surface area contributed by atoms with Crippen LogP contribution in [0.1, 0.15) is 23.1 Å². The van der Waals surface area contributed by atoms with Crippen LogP contribution in [0.5, 0.6) is 0 Å². The zero-order chi connectivity index (χ0) is 19.5. The fraction of sp³-hybridized carbons (Fsp3) is 0.458. The molecule has 0 unspecified atom stereocenters. The van der Waals surface area contributed by atoms with E-state index in [0.29, 0.717) is 12.5 Å². The van der Waals surface area contributed by atoms with Gasteiger partial charge in [0, 0.05) is 38.4 Å². The number of rotatable bonds is 5. The van der Waals surface area contributed by atoms with Gasteiger partial charge in [0.1, 0.15) is 0 Å². The minimum absolute atomic E-state index is 0.232. The van der Waals surface area contributed by atoms with E-state index in [-0.39, 0.29) is 5.91 Å². The lowest BCUT2D eigenvalue weighted by molar-refractivity contribution is -0.121. The summed E-state index contributed by atoms with van der Waals surface area (Å²) in [5.41, 5.74) is 4.88. The Morgan fingerprint density at radius 2 is 1.68 bits per heavy atom. The van der Waals surface area contributed by atoms with Gasteiger partial charge >= 0.3 is 0 Å². The number of aryl methyl sites for hydroxylation is 2. The average Bonchev–Trinajstić information content (AvgIpc) is 3.08. The van der Waals surface area contributed by atoms with Crippen molar-refractivity contribution in [1.82, 2.24) is 9.80 Å². The van der Waals surface area contributed by atoms with Crippen molar-refractivity contribution in [3.8, 4) is 0 Å². The second-order valence-corrected chi connectivity index (χ2v) is 8.50. The van der Waals surface area contributed by atoms with Crippen molar-refractivity contribution >= 4 is 11.6 Å². The molecule has 4 heteroatoms. The van der Waals surface area contributed by atoms with Gasteiger partial charge in [-0.1, -0.05) is 36.4 Å². The molecular formula is C24H31N3O. The van der Waals surface area contributed by atoms with Crippen LogP contribution in [0, 0.1) is 19.8 Å². The molecular weight excluding hydrogens is 346 g/mol. The van der Waals surface area contributed by atoms with E-state index in [0.717, 1.165) is 45.0 Å². The van der Waals surface area contributed by atoms with Gasteiger partial charge in [-0.05, 0) is 61.6 Å². The molecule has 0 aromatic heterocycles. The van der Waals surface area contributed by atoms with Crippen molar-refractivity contribution in [2.45, 2.75) is 26.8 Å². The fourth-order valence-corrected chi connectivity index (χ4v) is 4.67. The summed E-state index contributed by atoms with van der Waals surface area (Å²) >= 11 is 0. The molecule has 148 valence electrons. The smallest absolute Gasteiger partial charge is 0.241 e. The number of benzene rings is 2. The molecule has 1 atom stereocenters. The second-order valence-electron chi connectivity index (χ2n) is 8.50. The number of nitrogens with zero attached hydrogens (tertiary/aromatic N) is 3. The lowest BCUT2D eigenvalue weighted by Crippen LogP contribution is -2.51. The number of hydrogen-bond acceptors (Lipinski definition) is 3. The van der Waals surface area contributed by atoms with Gasteiger partial charge in [-0.25, -0.2) is 0 Å². The van der Waals surface area contributed by atoms with Crippen LogP contribution in [0.4, 0.5) is 5.69 Å². The summed E-state index contributed by atoms with van der Waals surface area (Å²) in [6.07, 6.45) is 1.23. The third-order valence-corrected chi connectivity index (χ3v) is 5.95. The Morgan fingerprint density at radius 1 is 0.929 bits per heavy atom. The molecule has 2 aliphatic heterocycles. The topological polar surface area (TPSA) is 26.8 Å². The Morgan fingerprint density at radius 3 is 2.39 bits per heavy atom. The van der Waals surface area contributed by atoms with Crippen molar-refractivity contribution in [2.24, 2.45) is 5.92 Å². The zero-order valence-electron chi connectivity index (χ0n) is 17.1. The maximum Gasteiger partial charge on any atom is 0.241 e. The first-order valence-electron chi connectivity index (χ1n) is 10.4. The SMILES string of the molecule is Cc1cc(C)cc(N2CCN(C[C@H]3CCN(Cc4ccccc4)C3)CC2=O)c1. The number of anilines is 1. The van der Waals surface area contributed by atoms with Crippen LogP contribution in [-0.4, -0.2) is 55.0 Å². The van der Waals surface area contributed by atoms with Gasteiger partial charge in [-0.2, -0.15) is 0 Å². The maximum absolute atomic E-state index is 12.8. The normalized spacial score (nSPS) is 21.4. The van der Waals surface area contributed by atoms with Crippen LogP contribution in [0.3, 0.4) is 0 Å². The van der Waals surface area contributed by atoms with Gasteiger partial charge in [0.05, 0.1) is 6.54 Å². The van der Waals surface area contributed by atoms with Crippen LogP contribution in [0.2, 0.25) is 0 Å². The fourth-order valence-electron chi connectivity index (χ4n) is 4.67. The molecule has 2 aliphatic rings. The first kappa shape index (κ1) is 19.2. The Labute approximate surface area is 168 Å². The average molecular weight is 378 g/mol. The molecule has 2 heterocycles. The molecule has 0 radical (unpaired) electrons. The summed E-state index contributed by atoms with van der Waals surface area (Å²) in [4.78, 5) is 19.7. The van der Waals surface area contributed by atoms with E-state index in [1.54, 1.807) is 0 Å². The maximum atomic E-state index is 12.8. The molecule has 0 aliphatic carbocycles. The first-order valence-corrected chi connectivity index (χ1v) is 10.4. The van der Waals surface area contributed by atoms with Crippen LogP contribution in [0.15, 0.2) is 48.5 Å². The van der Waals surface area contributed by atoms with E-state index in [2.05, 4.69) is 72.2 Å². The van der Waals surface area contributed by atoms with Gasteiger partial charge in [-0.3, -0.25) is 14.6 Å². The summed E-state index contributed by atoms with van der Waals surface area (Å²) in [7, 11) is 0. The lowest BCUT2D eigenvalue weighted by atomic mass is 10.1. The highest BCUT2D eigenvalue weighted by Crippen LogP contribution is 2.23. The molecule has 28 heavy (non-hydrogen) atoms.